The van der Waals surface area contributed by atoms with Crippen LogP contribution in [-0.2, 0) is 6.54 Å². The van der Waals surface area contributed by atoms with Gasteiger partial charge >= 0.3 is 0 Å². The van der Waals surface area contributed by atoms with Crippen molar-refractivity contribution in [2.45, 2.75) is 13.0 Å². The van der Waals surface area contributed by atoms with Crippen LogP contribution < -0.4 is 5.32 Å². The highest BCUT2D eigenvalue weighted by atomic mass is 35.5. The molecule has 0 radical (unpaired) electrons. The van der Waals surface area contributed by atoms with Crippen LogP contribution in [0.3, 0.4) is 0 Å². The molecule has 1 aliphatic heterocycles. The zero-order chi connectivity index (χ0) is 17.2. The summed E-state index contributed by atoms with van der Waals surface area (Å²) < 4.78 is 2.12. The van der Waals surface area contributed by atoms with E-state index in [1.54, 1.807) is 0 Å². The summed E-state index contributed by atoms with van der Waals surface area (Å²) in [6.07, 6.45) is 3.11. The third kappa shape index (κ3) is 3.67. The van der Waals surface area contributed by atoms with Crippen LogP contribution in [-0.4, -0.2) is 40.5 Å². The smallest absolute Gasteiger partial charge is 0.137 e. The lowest BCUT2D eigenvalue weighted by atomic mass is 10.1. The van der Waals surface area contributed by atoms with Crippen molar-refractivity contribution in [1.82, 2.24) is 19.6 Å². The van der Waals surface area contributed by atoms with Gasteiger partial charge in [-0.25, -0.2) is 4.98 Å². The molecule has 0 spiro atoms. The fourth-order valence-electron chi connectivity index (χ4n) is 3.33. The lowest BCUT2D eigenvalue weighted by Gasteiger charge is -2.20. The van der Waals surface area contributed by atoms with Crippen molar-refractivity contribution in [3.8, 4) is 11.3 Å². The summed E-state index contributed by atoms with van der Waals surface area (Å²) in [6.45, 7) is 5.07. The summed E-state index contributed by atoms with van der Waals surface area (Å²) in [5.74, 6) is 0. The Morgan fingerprint density at radius 1 is 0.960 bits per heavy atom. The zero-order valence-corrected chi connectivity index (χ0v) is 15.4. The third-order valence-corrected chi connectivity index (χ3v) is 5.08. The highest BCUT2D eigenvalue weighted by Crippen LogP contribution is 2.28. The molecule has 0 amide bonds. The lowest BCUT2D eigenvalue weighted by molar-refractivity contribution is 0.281. The monoisotopic (exact) mass is 374 g/mol. The van der Waals surface area contributed by atoms with Crippen LogP contribution >= 0.6 is 23.2 Å². The highest BCUT2D eigenvalue weighted by molar-refractivity contribution is 6.30. The van der Waals surface area contributed by atoms with Gasteiger partial charge in [0.15, 0.2) is 0 Å². The Morgan fingerprint density at radius 3 is 2.60 bits per heavy atom. The van der Waals surface area contributed by atoms with Gasteiger partial charge in [0.05, 0.1) is 16.4 Å². The zero-order valence-electron chi connectivity index (χ0n) is 13.9. The van der Waals surface area contributed by atoms with Gasteiger partial charge in [-0.15, -0.1) is 0 Å². The highest BCUT2D eigenvalue weighted by Gasteiger charge is 2.18. The molecule has 0 unspecified atom stereocenters. The topological polar surface area (TPSA) is 32.6 Å². The molecule has 1 N–H and O–H groups in total. The van der Waals surface area contributed by atoms with Crippen LogP contribution in [0, 0.1) is 0 Å². The number of hydrogen-bond donors (Lipinski definition) is 1. The second-order valence-electron chi connectivity index (χ2n) is 6.37. The average Bonchev–Trinajstić information content (AvgIpc) is 2.79. The maximum absolute atomic E-state index is 6.25. The van der Waals surface area contributed by atoms with Gasteiger partial charge in [0.25, 0.3) is 0 Å². The van der Waals surface area contributed by atoms with E-state index in [2.05, 4.69) is 14.6 Å². The minimum absolute atomic E-state index is 0.714. The van der Waals surface area contributed by atoms with Crippen LogP contribution in [0.4, 0.5) is 0 Å². The van der Waals surface area contributed by atoms with Crippen LogP contribution in [0.2, 0.25) is 10.0 Å². The summed E-state index contributed by atoms with van der Waals surface area (Å²) in [4.78, 5) is 7.34. The molecule has 0 saturated carbocycles. The van der Waals surface area contributed by atoms with Crippen molar-refractivity contribution < 1.29 is 0 Å². The number of fused-ring (bicyclic) bond motifs is 1. The Balaban J connectivity index is 1.79. The molecule has 1 aromatic carbocycles. The van der Waals surface area contributed by atoms with Crippen LogP contribution in [0.25, 0.3) is 16.9 Å². The molecule has 3 aromatic rings. The fourth-order valence-corrected chi connectivity index (χ4v) is 3.62. The first-order valence-electron chi connectivity index (χ1n) is 8.56. The maximum atomic E-state index is 6.25. The molecule has 1 saturated heterocycles. The van der Waals surface area contributed by atoms with E-state index in [1.165, 1.54) is 5.69 Å². The van der Waals surface area contributed by atoms with Gasteiger partial charge in [0.1, 0.15) is 5.65 Å². The van der Waals surface area contributed by atoms with Gasteiger partial charge in [-0.05, 0) is 43.8 Å². The normalized spacial score (nSPS) is 16.2. The second kappa shape index (κ2) is 7.34. The first-order valence-corrected chi connectivity index (χ1v) is 9.32. The largest absolute Gasteiger partial charge is 0.315 e. The molecular weight excluding hydrogens is 355 g/mol. The van der Waals surface area contributed by atoms with Crippen LogP contribution in [0.15, 0.2) is 42.6 Å². The third-order valence-electron chi connectivity index (χ3n) is 4.61. The molecule has 4 nitrogen and oxygen atoms in total. The van der Waals surface area contributed by atoms with Crippen LogP contribution in [0.5, 0.6) is 0 Å². The predicted octanol–water partition coefficient (Wildman–Crippen LogP) is 4.10. The summed E-state index contributed by atoms with van der Waals surface area (Å²) in [6, 6.07) is 11.7. The Kier molecular flexibility index (Phi) is 4.95. The molecule has 2 aromatic heterocycles. The van der Waals surface area contributed by atoms with Gasteiger partial charge < -0.3 is 9.72 Å². The summed E-state index contributed by atoms with van der Waals surface area (Å²) in [7, 11) is 0. The molecule has 0 atom stereocenters. The molecule has 25 heavy (non-hydrogen) atoms. The standard InChI is InChI=1S/C19H20Cl2N4/c20-15-4-2-14(3-5-15)19-17(13-24-10-1-8-22-9-11-24)25-12-16(21)6-7-18(25)23-19/h2-7,12,22H,1,8-11,13H2. The molecule has 1 fully saturated rings. The van der Waals surface area contributed by atoms with E-state index in [4.69, 9.17) is 28.2 Å². The molecule has 130 valence electrons. The number of rotatable bonds is 3. The fraction of sp³-hybridized carbons (Fsp3) is 0.316. The van der Waals surface area contributed by atoms with Crippen molar-refractivity contribution in [2.24, 2.45) is 0 Å². The molecule has 6 heteroatoms. The van der Waals surface area contributed by atoms with Crippen molar-refractivity contribution in [2.75, 3.05) is 26.2 Å². The number of nitrogens with one attached hydrogen (secondary N) is 1. The molecule has 4 rings (SSSR count). The molecular formula is C19H20Cl2N4. The van der Waals surface area contributed by atoms with E-state index < -0.39 is 0 Å². The van der Waals surface area contributed by atoms with Crippen molar-refractivity contribution in [1.29, 1.82) is 0 Å². The Labute approximate surface area is 157 Å². The van der Waals surface area contributed by atoms with Crippen molar-refractivity contribution in [3.63, 3.8) is 0 Å². The summed E-state index contributed by atoms with van der Waals surface area (Å²) in [5.41, 5.74) is 4.15. The predicted molar refractivity (Wildman–Crippen MR) is 103 cm³/mol. The van der Waals surface area contributed by atoms with E-state index in [9.17, 15) is 0 Å². The van der Waals surface area contributed by atoms with E-state index >= 15 is 0 Å². The Bertz CT molecular complexity index is 865. The van der Waals surface area contributed by atoms with Crippen LogP contribution in [0.1, 0.15) is 12.1 Å². The Morgan fingerprint density at radius 2 is 1.76 bits per heavy atom. The minimum atomic E-state index is 0.714. The van der Waals surface area contributed by atoms with E-state index in [-0.39, 0.29) is 0 Å². The SMILES string of the molecule is Clc1ccc(-c2nc3ccc(Cl)cn3c2CN2CCCNCC2)cc1. The first kappa shape index (κ1) is 16.9. The number of halogens is 2. The number of aromatic nitrogens is 2. The van der Waals surface area contributed by atoms with Crippen molar-refractivity contribution in [3.05, 3.63) is 58.3 Å². The van der Waals surface area contributed by atoms with Gasteiger partial charge in [0.2, 0.25) is 0 Å². The minimum Gasteiger partial charge on any atom is -0.315 e. The van der Waals surface area contributed by atoms with Gasteiger partial charge in [-0.3, -0.25) is 4.90 Å². The number of imidazole rings is 1. The van der Waals surface area contributed by atoms with E-state index in [0.29, 0.717) is 5.02 Å². The number of hydrogen-bond acceptors (Lipinski definition) is 3. The quantitative estimate of drug-likeness (QED) is 0.748. The van der Waals surface area contributed by atoms with E-state index in [1.807, 2.05) is 42.6 Å². The lowest BCUT2D eigenvalue weighted by Crippen LogP contribution is -2.28. The molecule has 0 aliphatic carbocycles. The van der Waals surface area contributed by atoms with Crippen molar-refractivity contribution >= 4 is 28.8 Å². The maximum Gasteiger partial charge on any atom is 0.137 e. The van der Waals surface area contributed by atoms with Gasteiger partial charge in [-0.2, -0.15) is 0 Å². The van der Waals surface area contributed by atoms with Gasteiger partial charge in [-0.1, -0.05) is 35.3 Å². The molecule has 3 heterocycles. The number of pyridine rings is 1. The summed E-state index contributed by atoms with van der Waals surface area (Å²) >= 11 is 12.3. The molecule has 0 bridgehead atoms. The first-order chi connectivity index (χ1) is 12.2. The number of nitrogens with zero attached hydrogens (tertiary/aromatic N) is 3. The van der Waals surface area contributed by atoms with E-state index in [0.717, 1.165) is 61.1 Å². The Hall–Kier alpha value is -1.59. The average molecular weight is 375 g/mol. The van der Waals surface area contributed by atoms with Gasteiger partial charge in [0, 0.05) is 36.4 Å². The second-order valence-corrected chi connectivity index (χ2v) is 7.24. The number of benzene rings is 1. The molecule has 1 aliphatic rings. The summed E-state index contributed by atoms with van der Waals surface area (Å²) in [5, 5.41) is 4.90.